The Morgan fingerprint density at radius 1 is 1.23 bits per heavy atom. The van der Waals surface area contributed by atoms with Crippen molar-refractivity contribution in [2.45, 2.75) is 31.2 Å². The van der Waals surface area contributed by atoms with Gasteiger partial charge in [-0.1, -0.05) is 55.4 Å². The predicted octanol–water partition coefficient (Wildman–Crippen LogP) is 2.99. The third kappa shape index (κ3) is 3.88. The summed E-state index contributed by atoms with van der Waals surface area (Å²) in [5, 5.41) is 7.60. The van der Waals surface area contributed by atoms with E-state index in [2.05, 4.69) is 15.2 Å². The van der Waals surface area contributed by atoms with Gasteiger partial charge in [0, 0.05) is 19.7 Å². The number of benzene rings is 1. The molecule has 2 rings (SSSR count). The molecule has 0 radical (unpaired) electrons. The summed E-state index contributed by atoms with van der Waals surface area (Å²) in [4.78, 5) is 18.4. The molecule has 0 bridgehead atoms. The van der Waals surface area contributed by atoms with Gasteiger partial charge >= 0.3 is 0 Å². The first-order valence-corrected chi connectivity index (χ1v) is 8.13. The molecule has 0 aliphatic heterocycles. The smallest absolute Gasteiger partial charge is 0.235 e. The van der Waals surface area contributed by atoms with Gasteiger partial charge in [0.15, 0.2) is 5.82 Å². The number of aromatic amines is 1. The minimum Gasteiger partial charge on any atom is -0.348 e. The van der Waals surface area contributed by atoms with Crippen molar-refractivity contribution in [3.8, 4) is 11.4 Å². The summed E-state index contributed by atoms with van der Waals surface area (Å²) in [6, 6.07) is 8.10. The van der Waals surface area contributed by atoms with E-state index in [0.29, 0.717) is 5.16 Å². The van der Waals surface area contributed by atoms with Crippen molar-refractivity contribution in [2.75, 3.05) is 14.1 Å². The van der Waals surface area contributed by atoms with Gasteiger partial charge in [0.25, 0.3) is 0 Å². The maximum atomic E-state index is 12.2. The molecule has 1 amide bonds. The molecular formula is C16H22N4OS. The molecule has 1 atom stereocenters. The number of amides is 1. The lowest BCUT2D eigenvalue weighted by molar-refractivity contribution is -0.128. The molecule has 2 aromatic rings. The van der Waals surface area contributed by atoms with E-state index in [1.165, 1.54) is 17.3 Å². The lowest BCUT2D eigenvalue weighted by Crippen LogP contribution is -2.34. The van der Waals surface area contributed by atoms with Crippen LogP contribution in [0.3, 0.4) is 0 Å². The number of carbonyl (C=O) groups excluding carboxylic acids is 1. The maximum absolute atomic E-state index is 12.2. The molecule has 6 heteroatoms. The van der Waals surface area contributed by atoms with E-state index in [0.717, 1.165) is 11.4 Å². The Bertz CT molecular complexity index is 634. The van der Waals surface area contributed by atoms with Gasteiger partial charge in [0.1, 0.15) is 0 Å². The van der Waals surface area contributed by atoms with Gasteiger partial charge in [0.2, 0.25) is 11.1 Å². The lowest BCUT2D eigenvalue weighted by Gasteiger charge is -2.21. The molecular weight excluding hydrogens is 296 g/mol. The molecule has 1 N–H and O–H groups in total. The fraction of sp³-hybridized carbons (Fsp3) is 0.438. The Hall–Kier alpha value is -1.82. The Morgan fingerprint density at radius 3 is 2.41 bits per heavy atom. The van der Waals surface area contributed by atoms with Gasteiger partial charge in [-0.3, -0.25) is 9.89 Å². The van der Waals surface area contributed by atoms with Crippen LogP contribution in [0.5, 0.6) is 0 Å². The molecule has 22 heavy (non-hydrogen) atoms. The van der Waals surface area contributed by atoms with Crippen LogP contribution in [-0.4, -0.2) is 45.3 Å². The minimum atomic E-state index is -0.184. The molecule has 1 heterocycles. The highest BCUT2D eigenvalue weighted by Crippen LogP contribution is 2.28. The van der Waals surface area contributed by atoms with Gasteiger partial charge in [-0.2, -0.15) is 0 Å². The molecule has 0 saturated heterocycles. The molecule has 0 aliphatic carbocycles. The van der Waals surface area contributed by atoms with Crippen molar-refractivity contribution < 1.29 is 4.79 Å². The van der Waals surface area contributed by atoms with Crippen LogP contribution in [-0.2, 0) is 4.79 Å². The summed E-state index contributed by atoms with van der Waals surface area (Å²) < 4.78 is 0. The first-order valence-electron chi connectivity index (χ1n) is 7.25. The highest BCUT2D eigenvalue weighted by Gasteiger charge is 2.26. The van der Waals surface area contributed by atoms with E-state index in [1.54, 1.807) is 19.0 Å². The molecule has 0 fully saturated rings. The number of carbonyl (C=O) groups is 1. The highest BCUT2D eigenvalue weighted by molar-refractivity contribution is 8.00. The van der Waals surface area contributed by atoms with Crippen molar-refractivity contribution in [3.05, 3.63) is 29.8 Å². The number of aryl methyl sites for hydroxylation is 1. The number of hydrogen-bond acceptors (Lipinski definition) is 4. The second-order valence-electron chi connectivity index (χ2n) is 5.85. The monoisotopic (exact) mass is 318 g/mol. The predicted molar refractivity (Wildman–Crippen MR) is 89.7 cm³/mol. The molecule has 0 unspecified atom stereocenters. The van der Waals surface area contributed by atoms with Crippen LogP contribution >= 0.6 is 11.8 Å². The zero-order valence-corrected chi connectivity index (χ0v) is 14.4. The summed E-state index contributed by atoms with van der Waals surface area (Å²) in [5.41, 5.74) is 2.19. The van der Waals surface area contributed by atoms with Crippen LogP contribution in [0.15, 0.2) is 29.4 Å². The Kier molecular flexibility index (Phi) is 5.24. The van der Waals surface area contributed by atoms with E-state index in [9.17, 15) is 4.79 Å². The number of thioether (sulfide) groups is 1. The molecule has 1 aromatic carbocycles. The molecule has 0 spiro atoms. The van der Waals surface area contributed by atoms with Crippen LogP contribution in [0.4, 0.5) is 0 Å². The van der Waals surface area contributed by atoms with Crippen LogP contribution in [0.25, 0.3) is 11.4 Å². The number of aromatic nitrogens is 3. The van der Waals surface area contributed by atoms with Crippen LogP contribution in [0.2, 0.25) is 0 Å². The number of hydrogen-bond donors (Lipinski definition) is 1. The topological polar surface area (TPSA) is 61.9 Å². The molecule has 0 aliphatic rings. The van der Waals surface area contributed by atoms with E-state index < -0.39 is 0 Å². The fourth-order valence-electron chi connectivity index (χ4n) is 1.98. The van der Waals surface area contributed by atoms with Crippen LogP contribution < -0.4 is 0 Å². The summed E-state index contributed by atoms with van der Waals surface area (Å²) in [5.74, 6) is 1.02. The first-order chi connectivity index (χ1) is 10.4. The zero-order valence-electron chi connectivity index (χ0n) is 13.6. The van der Waals surface area contributed by atoms with Crippen molar-refractivity contribution in [2.24, 2.45) is 5.92 Å². The van der Waals surface area contributed by atoms with Crippen molar-refractivity contribution >= 4 is 17.7 Å². The third-order valence-electron chi connectivity index (χ3n) is 3.31. The molecule has 0 saturated carbocycles. The second-order valence-corrected chi connectivity index (χ2v) is 6.96. The average Bonchev–Trinajstić information content (AvgIpc) is 2.93. The SMILES string of the molecule is Cc1ccc(-c2nc(S[C@@H](C(=O)N(C)C)C(C)C)n[nH]2)cc1. The Balaban J connectivity index is 2.16. The van der Waals surface area contributed by atoms with E-state index in [-0.39, 0.29) is 17.1 Å². The molecule has 5 nitrogen and oxygen atoms in total. The molecule has 118 valence electrons. The van der Waals surface area contributed by atoms with E-state index in [4.69, 9.17) is 0 Å². The number of nitrogens with zero attached hydrogens (tertiary/aromatic N) is 3. The van der Waals surface area contributed by atoms with E-state index in [1.807, 2.05) is 45.0 Å². The third-order valence-corrected chi connectivity index (χ3v) is 4.71. The Labute approximate surface area is 135 Å². The van der Waals surface area contributed by atoms with Crippen molar-refractivity contribution in [1.29, 1.82) is 0 Å². The van der Waals surface area contributed by atoms with Crippen molar-refractivity contribution in [1.82, 2.24) is 20.1 Å². The highest BCUT2D eigenvalue weighted by atomic mass is 32.2. The van der Waals surface area contributed by atoms with Gasteiger partial charge in [-0.25, -0.2) is 4.98 Å². The number of H-pyrrole nitrogens is 1. The van der Waals surface area contributed by atoms with Crippen molar-refractivity contribution in [3.63, 3.8) is 0 Å². The zero-order chi connectivity index (χ0) is 16.3. The summed E-state index contributed by atoms with van der Waals surface area (Å²) in [6.45, 7) is 6.12. The largest absolute Gasteiger partial charge is 0.348 e. The van der Waals surface area contributed by atoms with Gasteiger partial charge < -0.3 is 4.90 Å². The first kappa shape index (κ1) is 16.5. The van der Waals surface area contributed by atoms with E-state index >= 15 is 0 Å². The van der Waals surface area contributed by atoms with Gasteiger partial charge in [-0.15, -0.1) is 5.10 Å². The van der Waals surface area contributed by atoms with Crippen LogP contribution in [0.1, 0.15) is 19.4 Å². The lowest BCUT2D eigenvalue weighted by atomic mass is 10.1. The summed E-state index contributed by atoms with van der Waals surface area (Å²) >= 11 is 1.41. The Morgan fingerprint density at radius 2 is 1.86 bits per heavy atom. The number of rotatable bonds is 5. The summed E-state index contributed by atoms with van der Waals surface area (Å²) in [6.07, 6.45) is 0. The van der Waals surface area contributed by atoms with Gasteiger partial charge in [0.05, 0.1) is 5.25 Å². The standard InChI is InChI=1S/C16H22N4OS/c1-10(2)13(15(21)20(4)5)22-16-17-14(18-19-16)12-8-6-11(3)7-9-12/h6-10,13H,1-5H3,(H,17,18,19)/t13-/m1/s1. The van der Waals surface area contributed by atoms with Gasteiger partial charge in [-0.05, 0) is 12.8 Å². The number of nitrogens with one attached hydrogen (secondary N) is 1. The quantitative estimate of drug-likeness (QED) is 0.861. The summed E-state index contributed by atoms with van der Waals surface area (Å²) in [7, 11) is 3.54. The second kappa shape index (κ2) is 6.96. The average molecular weight is 318 g/mol. The molecule has 1 aromatic heterocycles. The maximum Gasteiger partial charge on any atom is 0.235 e. The fourth-order valence-corrected chi connectivity index (χ4v) is 3.03. The van der Waals surface area contributed by atoms with Crippen LogP contribution in [0, 0.1) is 12.8 Å². The minimum absolute atomic E-state index is 0.0849. The normalized spacial score (nSPS) is 12.5.